The highest BCUT2D eigenvalue weighted by Crippen LogP contribution is 2.08. The molecule has 6 nitrogen and oxygen atoms in total. The molecular weight excluding hydrogens is 276 g/mol. The second-order valence-corrected chi connectivity index (χ2v) is 6.08. The molecule has 0 radical (unpaired) electrons. The summed E-state index contributed by atoms with van der Waals surface area (Å²) in [7, 11) is 0. The Morgan fingerprint density at radius 3 is 1.45 bits per heavy atom. The molecule has 0 rings (SSSR count). The van der Waals surface area contributed by atoms with E-state index in [0.29, 0.717) is 6.04 Å². The van der Waals surface area contributed by atoms with E-state index in [9.17, 15) is 0 Å². The van der Waals surface area contributed by atoms with Crippen molar-refractivity contribution in [1.82, 2.24) is 9.80 Å². The van der Waals surface area contributed by atoms with Gasteiger partial charge in [-0.25, -0.2) is 0 Å². The van der Waals surface area contributed by atoms with Gasteiger partial charge in [-0.3, -0.25) is 0 Å². The van der Waals surface area contributed by atoms with Gasteiger partial charge in [-0.15, -0.1) is 0 Å². The molecule has 1 atom stereocenters. The Bertz CT molecular complexity index is 211. The molecular formula is C16H40N6. The molecule has 0 saturated heterocycles. The van der Waals surface area contributed by atoms with Crippen LogP contribution in [0.1, 0.15) is 39.0 Å². The van der Waals surface area contributed by atoms with Gasteiger partial charge in [0.05, 0.1) is 0 Å². The molecule has 0 amide bonds. The van der Waals surface area contributed by atoms with Gasteiger partial charge in [-0.1, -0.05) is 0 Å². The van der Waals surface area contributed by atoms with E-state index in [-0.39, 0.29) is 0 Å². The van der Waals surface area contributed by atoms with E-state index in [0.717, 1.165) is 84.6 Å². The highest BCUT2D eigenvalue weighted by molar-refractivity contribution is 4.71. The average Bonchev–Trinajstić information content (AvgIpc) is 2.54. The predicted octanol–water partition coefficient (Wildman–Crippen LogP) is -0.236. The summed E-state index contributed by atoms with van der Waals surface area (Å²) in [6, 6.07) is 0.566. The summed E-state index contributed by atoms with van der Waals surface area (Å²) in [6.07, 6.45) is 5.40. The second kappa shape index (κ2) is 15.6. The second-order valence-electron chi connectivity index (χ2n) is 6.08. The molecule has 0 aliphatic carbocycles. The predicted molar refractivity (Wildman–Crippen MR) is 96.8 cm³/mol. The fourth-order valence-corrected chi connectivity index (χ4v) is 2.66. The first-order valence-electron chi connectivity index (χ1n) is 8.96. The third-order valence-electron chi connectivity index (χ3n) is 4.14. The molecule has 0 spiro atoms. The maximum absolute atomic E-state index is 5.65. The van der Waals surface area contributed by atoms with Crippen LogP contribution in [0.5, 0.6) is 0 Å². The molecule has 0 aliphatic heterocycles. The lowest BCUT2D eigenvalue weighted by molar-refractivity contribution is 0.171. The van der Waals surface area contributed by atoms with E-state index in [1.165, 1.54) is 6.42 Å². The lowest BCUT2D eigenvalue weighted by Crippen LogP contribution is -2.39. The van der Waals surface area contributed by atoms with Gasteiger partial charge in [0.1, 0.15) is 0 Å². The Morgan fingerprint density at radius 1 is 0.636 bits per heavy atom. The van der Waals surface area contributed by atoms with Crippen LogP contribution in [-0.4, -0.2) is 74.7 Å². The first-order chi connectivity index (χ1) is 10.7. The molecule has 0 saturated carbocycles. The molecule has 6 heteroatoms. The molecule has 0 aromatic carbocycles. The van der Waals surface area contributed by atoms with E-state index in [2.05, 4.69) is 16.7 Å². The van der Waals surface area contributed by atoms with Crippen LogP contribution in [0, 0.1) is 0 Å². The van der Waals surface area contributed by atoms with Gasteiger partial charge in [-0.2, -0.15) is 0 Å². The summed E-state index contributed by atoms with van der Waals surface area (Å²) in [5, 5.41) is 0. The topological polar surface area (TPSA) is 111 Å². The molecule has 0 fully saturated rings. The number of hydrogen-bond acceptors (Lipinski definition) is 6. The van der Waals surface area contributed by atoms with E-state index in [1.807, 2.05) is 0 Å². The van der Waals surface area contributed by atoms with Crippen molar-refractivity contribution in [2.45, 2.75) is 45.1 Å². The minimum absolute atomic E-state index is 0.566. The standard InChI is InChI=1S/C16H40N6/c1-16(22(13-4-9-19)14-5-10-20)6-15-21(11-2-7-17)12-3-8-18/h16H,2-15,17-20H2,1H3. The van der Waals surface area contributed by atoms with E-state index in [4.69, 9.17) is 22.9 Å². The van der Waals surface area contributed by atoms with E-state index >= 15 is 0 Å². The van der Waals surface area contributed by atoms with Crippen LogP contribution in [0.2, 0.25) is 0 Å². The number of nitrogens with zero attached hydrogens (tertiary/aromatic N) is 2. The normalized spacial score (nSPS) is 13.2. The summed E-state index contributed by atoms with van der Waals surface area (Å²) >= 11 is 0. The average molecular weight is 317 g/mol. The first-order valence-corrected chi connectivity index (χ1v) is 8.96. The highest BCUT2D eigenvalue weighted by Gasteiger charge is 2.14. The van der Waals surface area contributed by atoms with Crippen LogP contribution in [-0.2, 0) is 0 Å². The SMILES string of the molecule is CC(CCN(CCCN)CCCN)N(CCCN)CCCN. The van der Waals surface area contributed by atoms with Crippen molar-refractivity contribution in [3.05, 3.63) is 0 Å². The van der Waals surface area contributed by atoms with E-state index in [1.54, 1.807) is 0 Å². The van der Waals surface area contributed by atoms with Crippen molar-refractivity contribution in [3.63, 3.8) is 0 Å². The van der Waals surface area contributed by atoms with Crippen molar-refractivity contribution < 1.29 is 0 Å². The summed E-state index contributed by atoms with van der Waals surface area (Å²) in [4.78, 5) is 5.03. The molecule has 0 heterocycles. The van der Waals surface area contributed by atoms with Crippen molar-refractivity contribution in [2.75, 3.05) is 58.9 Å². The van der Waals surface area contributed by atoms with Gasteiger partial charge in [0, 0.05) is 6.04 Å². The van der Waals surface area contributed by atoms with Gasteiger partial charge in [-0.05, 0) is 97.9 Å². The van der Waals surface area contributed by atoms with Gasteiger partial charge in [0.2, 0.25) is 0 Å². The lowest BCUT2D eigenvalue weighted by Gasteiger charge is -2.31. The van der Waals surface area contributed by atoms with Crippen molar-refractivity contribution >= 4 is 0 Å². The highest BCUT2D eigenvalue weighted by atomic mass is 15.2. The van der Waals surface area contributed by atoms with Crippen LogP contribution in [0.4, 0.5) is 0 Å². The van der Waals surface area contributed by atoms with Gasteiger partial charge >= 0.3 is 0 Å². The maximum Gasteiger partial charge on any atom is 0.00791 e. The Balaban J connectivity index is 4.23. The molecule has 134 valence electrons. The summed E-state index contributed by atoms with van der Waals surface area (Å²) in [5.41, 5.74) is 22.6. The van der Waals surface area contributed by atoms with Crippen molar-refractivity contribution in [1.29, 1.82) is 0 Å². The van der Waals surface area contributed by atoms with Crippen LogP contribution in [0.3, 0.4) is 0 Å². The third kappa shape index (κ3) is 11.3. The molecule has 0 bridgehead atoms. The van der Waals surface area contributed by atoms with Gasteiger partial charge < -0.3 is 32.7 Å². The lowest BCUT2D eigenvalue weighted by atomic mass is 10.1. The monoisotopic (exact) mass is 316 g/mol. The molecule has 0 aromatic heterocycles. The zero-order valence-corrected chi connectivity index (χ0v) is 14.7. The quantitative estimate of drug-likeness (QED) is 0.313. The Morgan fingerprint density at radius 2 is 1.05 bits per heavy atom. The molecule has 22 heavy (non-hydrogen) atoms. The number of hydrogen-bond donors (Lipinski definition) is 4. The molecule has 0 aromatic rings. The zero-order valence-electron chi connectivity index (χ0n) is 14.7. The Labute approximate surface area is 137 Å². The fourth-order valence-electron chi connectivity index (χ4n) is 2.66. The summed E-state index contributed by atoms with van der Waals surface area (Å²) in [5.74, 6) is 0. The van der Waals surface area contributed by atoms with Crippen LogP contribution >= 0.6 is 0 Å². The number of nitrogens with two attached hydrogens (primary N) is 4. The van der Waals surface area contributed by atoms with Gasteiger partial charge in [0.25, 0.3) is 0 Å². The molecule has 0 aliphatic rings. The Hall–Kier alpha value is -0.240. The molecule has 1 unspecified atom stereocenters. The summed E-state index contributed by atoms with van der Waals surface area (Å²) < 4.78 is 0. The van der Waals surface area contributed by atoms with Crippen LogP contribution < -0.4 is 22.9 Å². The van der Waals surface area contributed by atoms with Crippen molar-refractivity contribution in [2.24, 2.45) is 22.9 Å². The van der Waals surface area contributed by atoms with Gasteiger partial charge in [0.15, 0.2) is 0 Å². The largest absolute Gasteiger partial charge is 0.330 e. The van der Waals surface area contributed by atoms with Crippen molar-refractivity contribution in [3.8, 4) is 0 Å². The molecule has 8 N–H and O–H groups in total. The Kier molecular flexibility index (Phi) is 15.5. The fraction of sp³-hybridized carbons (Fsp3) is 1.00. The first kappa shape index (κ1) is 21.8. The smallest absolute Gasteiger partial charge is 0.00791 e. The third-order valence-corrected chi connectivity index (χ3v) is 4.14. The number of rotatable bonds is 16. The maximum atomic E-state index is 5.65. The summed E-state index contributed by atoms with van der Waals surface area (Å²) in [6.45, 7) is 10.8. The van der Waals surface area contributed by atoms with Crippen LogP contribution in [0.25, 0.3) is 0 Å². The minimum Gasteiger partial charge on any atom is -0.330 e. The van der Waals surface area contributed by atoms with Crippen LogP contribution in [0.15, 0.2) is 0 Å². The minimum atomic E-state index is 0.566. The van der Waals surface area contributed by atoms with E-state index < -0.39 is 0 Å². The zero-order chi connectivity index (χ0) is 16.6.